The molecular weight excluding hydrogens is 396 g/mol. The average Bonchev–Trinajstić information content (AvgIpc) is 2.66. The Balaban J connectivity index is 1.92. The fourth-order valence-electron chi connectivity index (χ4n) is 2.77. The Hall–Kier alpha value is -2.53. The van der Waals surface area contributed by atoms with E-state index in [4.69, 9.17) is 14.2 Å². The molecule has 0 spiro atoms. The fraction of sp³-hybridized carbons (Fsp3) is 0.190. The Morgan fingerprint density at radius 1 is 1.04 bits per heavy atom. The minimum atomic E-state index is -0.424. The molecular formula is C21H19BrO4. The lowest BCUT2D eigenvalue weighted by Gasteiger charge is -2.16. The van der Waals surface area contributed by atoms with Crippen LogP contribution < -0.4 is 9.47 Å². The van der Waals surface area contributed by atoms with E-state index in [0.717, 1.165) is 10.9 Å². The molecule has 0 N–H and O–H groups in total. The molecule has 0 bridgehead atoms. The van der Waals surface area contributed by atoms with Crippen molar-refractivity contribution in [1.29, 1.82) is 0 Å². The minimum absolute atomic E-state index is 0.387. The SMILES string of the molecule is CCOc1cc(C(=O)OC)cc(Br)c1OCc1cccc2ccccc12. The number of fused-ring (bicyclic) bond motifs is 1. The Morgan fingerprint density at radius 2 is 1.81 bits per heavy atom. The van der Waals surface area contributed by atoms with Crippen molar-refractivity contribution >= 4 is 32.7 Å². The third-order valence-corrected chi connectivity index (χ3v) is 4.57. The molecule has 0 aliphatic rings. The molecule has 0 aromatic heterocycles. The van der Waals surface area contributed by atoms with Gasteiger partial charge in [-0.05, 0) is 51.3 Å². The van der Waals surface area contributed by atoms with Gasteiger partial charge in [-0.3, -0.25) is 0 Å². The summed E-state index contributed by atoms with van der Waals surface area (Å²) in [5.74, 6) is 0.641. The Morgan fingerprint density at radius 3 is 2.58 bits per heavy atom. The molecule has 0 heterocycles. The maximum Gasteiger partial charge on any atom is 0.338 e. The summed E-state index contributed by atoms with van der Waals surface area (Å²) in [6, 6.07) is 17.6. The Bertz CT molecular complexity index is 931. The quantitative estimate of drug-likeness (QED) is 0.508. The van der Waals surface area contributed by atoms with Crippen molar-refractivity contribution < 1.29 is 19.0 Å². The van der Waals surface area contributed by atoms with E-state index in [0.29, 0.717) is 34.7 Å². The van der Waals surface area contributed by atoms with Crippen LogP contribution in [0, 0.1) is 0 Å². The van der Waals surface area contributed by atoms with Gasteiger partial charge in [0.2, 0.25) is 0 Å². The highest BCUT2D eigenvalue weighted by Crippen LogP contribution is 2.38. The number of hydrogen-bond acceptors (Lipinski definition) is 4. The van der Waals surface area contributed by atoms with Crippen LogP contribution in [-0.2, 0) is 11.3 Å². The van der Waals surface area contributed by atoms with E-state index in [1.807, 2.05) is 31.2 Å². The van der Waals surface area contributed by atoms with Crippen molar-refractivity contribution in [3.05, 3.63) is 70.2 Å². The van der Waals surface area contributed by atoms with Gasteiger partial charge in [-0.2, -0.15) is 0 Å². The number of benzene rings is 3. The van der Waals surface area contributed by atoms with E-state index in [1.54, 1.807) is 12.1 Å². The van der Waals surface area contributed by atoms with E-state index in [1.165, 1.54) is 12.5 Å². The van der Waals surface area contributed by atoms with Crippen LogP contribution in [-0.4, -0.2) is 19.7 Å². The zero-order valence-electron chi connectivity index (χ0n) is 14.6. The fourth-order valence-corrected chi connectivity index (χ4v) is 3.33. The van der Waals surface area contributed by atoms with Crippen LogP contribution in [0.4, 0.5) is 0 Å². The monoisotopic (exact) mass is 414 g/mol. The first-order chi connectivity index (χ1) is 12.6. The van der Waals surface area contributed by atoms with Gasteiger partial charge in [-0.1, -0.05) is 42.5 Å². The van der Waals surface area contributed by atoms with Crippen molar-refractivity contribution in [2.75, 3.05) is 13.7 Å². The van der Waals surface area contributed by atoms with E-state index in [2.05, 4.69) is 34.1 Å². The topological polar surface area (TPSA) is 44.8 Å². The number of esters is 1. The Kier molecular flexibility index (Phi) is 5.78. The molecule has 3 aromatic rings. The van der Waals surface area contributed by atoms with Gasteiger partial charge in [0.25, 0.3) is 0 Å². The molecule has 0 amide bonds. The van der Waals surface area contributed by atoms with Gasteiger partial charge < -0.3 is 14.2 Å². The van der Waals surface area contributed by atoms with Gasteiger partial charge >= 0.3 is 5.97 Å². The third-order valence-electron chi connectivity index (χ3n) is 3.98. The van der Waals surface area contributed by atoms with Crippen LogP contribution in [0.5, 0.6) is 11.5 Å². The molecule has 0 saturated heterocycles. The molecule has 3 aromatic carbocycles. The van der Waals surface area contributed by atoms with E-state index < -0.39 is 5.97 Å². The predicted octanol–water partition coefficient (Wildman–Crippen LogP) is 5.37. The van der Waals surface area contributed by atoms with Crippen LogP contribution >= 0.6 is 15.9 Å². The smallest absolute Gasteiger partial charge is 0.338 e. The number of halogens is 1. The normalized spacial score (nSPS) is 10.6. The summed E-state index contributed by atoms with van der Waals surface area (Å²) in [6.07, 6.45) is 0. The molecule has 134 valence electrons. The van der Waals surface area contributed by atoms with Gasteiger partial charge in [0.1, 0.15) is 6.61 Å². The first-order valence-electron chi connectivity index (χ1n) is 8.28. The van der Waals surface area contributed by atoms with Crippen LogP contribution in [0.2, 0.25) is 0 Å². The number of rotatable bonds is 6. The lowest BCUT2D eigenvalue weighted by Crippen LogP contribution is -2.05. The van der Waals surface area contributed by atoms with E-state index in [9.17, 15) is 4.79 Å². The predicted molar refractivity (Wildman–Crippen MR) is 105 cm³/mol. The van der Waals surface area contributed by atoms with Crippen molar-refractivity contribution in [3.8, 4) is 11.5 Å². The van der Waals surface area contributed by atoms with Crippen molar-refractivity contribution in [1.82, 2.24) is 0 Å². The highest BCUT2D eigenvalue weighted by Gasteiger charge is 2.17. The number of ether oxygens (including phenoxy) is 3. The van der Waals surface area contributed by atoms with E-state index in [-0.39, 0.29) is 0 Å². The summed E-state index contributed by atoms with van der Waals surface area (Å²) in [7, 11) is 1.35. The van der Waals surface area contributed by atoms with Gasteiger partial charge in [0, 0.05) is 0 Å². The van der Waals surface area contributed by atoms with Gasteiger partial charge in [0.05, 0.1) is 23.8 Å². The number of carbonyl (C=O) groups excluding carboxylic acids is 1. The summed E-state index contributed by atoms with van der Waals surface area (Å²) >= 11 is 3.48. The molecule has 4 nitrogen and oxygen atoms in total. The number of hydrogen-bond donors (Lipinski definition) is 0. The van der Waals surface area contributed by atoms with Gasteiger partial charge in [-0.25, -0.2) is 4.79 Å². The average molecular weight is 415 g/mol. The first-order valence-corrected chi connectivity index (χ1v) is 9.07. The summed E-state index contributed by atoms with van der Waals surface area (Å²) in [5, 5.41) is 2.31. The molecule has 0 aliphatic heterocycles. The second-order valence-corrected chi connectivity index (χ2v) is 6.49. The number of methoxy groups -OCH3 is 1. The molecule has 0 saturated carbocycles. The van der Waals surface area contributed by atoms with Crippen LogP contribution in [0.15, 0.2) is 59.1 Å². The van der Waals surface area contributed by atoms with Crippen LogP contribution in [0.25, 0.3) is 10.8 Å². The molecule has 0 aliphatic carbocycles. The molecule has 0 atom stereocenters. The Labute approximate surface area is 160 Å². The van der Waals surface area contributed by atoms with Crippen molar-refractivity contribution in [2.45, 2.75) is 13.5 Å². The highest BCUT2D eigenvalue weighted by atomic mass is 79.9. The molecule has 0 radical (unpaired) electrons. The van der Waals surface area contributed by atoms with Crippen molar-refractivity contribution in [3.63, 3.8) is 0 Å². The molecule has 5 heteroatoms. The second kappa shape index (κ2) is 8.23. The van der Waals surface area contributed by atoms with Gasteiger partial charge in [0.15, 0.2) is 11.5 Å². The number of carbonyl (C=O) groups is 1. The summed E-state index contributed by atoms with van der Waals surface area (Å²) in [5.41, 5.74) is 1.48. The van der Waals surface area contributed by atoms with Gasteiger partial charge in [-0.15, -0.1) is 0 Å². The maximum absolute atomic E-state index is 11.8. The lowest BCUT2D eigenvalue weighted by molar-refractivity contribution is 0.0600. The molecule has 26 heavy (non-hydrogen) atoms. The van der Waals surface area contributed by atoms with Crippen LogP contribution in [0.3, 0.4) is 0 Å². The molecule has 0 unspecified atom stereocenters. The third kappa shape index (κ3) is 3.83. The van der Waals surface area contributed by atoms with E-state index >= 15 is 0 Å². The summed E-state index contributed by atoms with van der Waals surface area (Å²) in [6.45, 7) is 2.73. The molecule has 3 rings (SSSR count). The zero-order valence-corrected chi connectivity index (χ0v) is 16.2. The largest absolute Gasteiger partial charge is 0.490 e. The summed E-state index contributed by atoms with van der Waals surface area (Å²) in [4.78, 5) is 11.8. The van der Waals surface area contributed by atoms with Crippen molar-refractivity contribution in [2.24, 2.45) is 0 Å². The zero-order chi connectivity index (χ0) is 18.5. The lowest BCUT2D eigenvalue weighted by atomic mass is 10.1. The summed E-state index contributed by atoms with van der Waals surface area (Å²) < 4.78 is 17.2. The second-order valence-electron chi connectivity index (χ2n) is 5.64. The molecule has 0 fully saturated rings. The van der Waals surface area contributed by atoms with Crippen LogP contribution in [0.1, 0.15) is 22.8 Å². The minimum Gasteiger partial charge on any atom is -0.490 e. The highest BCUT2D eigenvalue weighted by molar-refractivity contribution is 9.10. The standard InChI is InChI=1S/C21H19BrO4/c1-3-25-19-12-16(21(23)24-2)11-18(22)20(19)26-13-15-9-6-8-14-7-4-5-10-17(14)15/h4-12H,3,13H2,1-2H3. The maximum atomic E-state index is 11.8. The first kappa shape index (κ1) is 18.3.